The summed E-state index contributed by atoms with van der Waals surface area (Å²) in [6.45, 7) is 4.07. The van der Waals surface area contributed by atoms with Crippen LogP contribution < -0.4 is 0 Å². The molecule has 0 aliphatic rings. The molecule has 1 aromatic carbocycles. The maximum absolute atomic E-state index is 10.4. The van der Waals surface area contributed by atoms with Gasteiger partial charge in [-0.3, -0.25) is 4.79 Å². The second-order valence-electron chi connectivity index (χ2n) is 4.85. The summed E-state index contributed by atoms with van der Waals surface area (Å²) in [5.41, 5.74) is 3.27. The first-order valence-corrected chi connectivity index (χ1v) is 6.68. The molecule has 1 heterocycles. The normalized spacial score (nSPS) is 10.7. The van der Waals surface area contributed by atoms with Crippen LogP contribution in [0.4, 0.5) is 0 Å². The summed E-state index contributed by atoms with van der Waals surface area (Å²) < 4.78 is 5.64. The van der Waals surface area contributed by atoms with Crippen molar-refractivity contribution >= 4 is 5.97 Å². The van der Waals surface area contributed by atoms with E-state index in [0.29, 0.717) is 24.6 Å². The van der Waals surface area contributed by atoms with E-state index in [-0.39, 0.29) is 6.42 Å². The molecule has 1 aromatic heterocycles. The first kappa shape index (κ1) is 14.2. The number of benzene rings is 1. The topological polar surface area (TPSA) is 76.2 Å². The molecular formula is C15H18N2O3. The van der Waals surface area contributed by atoms with Gasteiger partial charge < -0.3 is 9.52 Å². The molecule has 0 fully saturated rings. The van der Waals surface area contributed by atoms with Gasteiger partial charge in [0, 0.05) is 18.4 Å². The van der Waals surface area contributed by atoms with Crippen LogP contribution in [0, 0.1) is 13.8 Å². The largest absolute Gasteiger partial charge is 0.481 e. The molecule has 0 saturated carbocycles. The lowest BCUT2D eigenvalue weighted by Crippen LogP contribution is -1.95. The van der Waals surface area contributed by atoms with Crippen LogP contribution in [0.25, 0.3) is 11.5 Å². The third-order valence-corrected chi connectivity index (χ3v) is 3.33. The fourth-order valence-electron chi connectivity index (χ4n) is 2.00. The Morgan fingerprint density at radius 1 is 1.25 bits per heavy atom. The monoisotopic (exact) mass is 274 g/mol. The molecule has 5 nitrogen and oxygen atoms in total. The van der Waals surface area contributed by atoms with Crippen LogP contribution in [0.2, 0.25) is 0 Å². The molecule has 2 rings (SSSR count). The highest BCUT2D eigenvalue weighted by Gasteiger charge is 2.11. The van der Waals surface area contributed by atoms with Gasteiger partial charge in [-0.25, -0.2) is 0 Å². The van der Waals surface area contributed by atoms with E-state index in [2.05, 4.69) is 10.2 Å². The summed E-state index contributed by atoms with van der Waals surface area (Å²) >= 11 is 0. The minimum atomic E-state index is -0.772. The number of carboxylic acid groups (broad SMARTS) is 1. The Bertz CT molecular complexity index is 605. The van der Waals surface area contributed by atoms with Gasteiger partial charge in [0.1, 0.15) is 0 Å². The highest BCUT2D eigenvalue weighted by Crippen LogP contribution is 2.24. The zero-order chi connectivity index (χ0) is 14.5. The zero-order valence-electron chi connectivity index (χ0n) is 11.7. The minimum absolute atomic E-state index is 0.179. The summed E-state index contributed by atoms with van der Waals surface area (Å²) in [7, 11) is 0. The molecule has 0 aliphatic heterocycles. The summed E-state index contributed by atoms with van der Waals surface area (Å²) in [5, 5.41) is 16.7. The lowest BCUT2D eigenvalue weighted by Gasteiger charge is -2.03. The van der Waals surface area contributed by atoms with Crippen molar-refractivity contribution < 1.29 is 14.3 Å². The molecule has 5 heteroatoms. The van der Waals surface area contributed by atoms with Gasteiger partial charge in [-0.2, -0.15) is 0 Å². The second kappa shape index (κ2) is 6.32. The molecule has 20 heavy (non-hydrogen) atoms. The molecule has 0 unspecified atom stereocenters. The van der Waals surface area contributed by atoms with E-state index in [1.54, 1.807) is 0 Å². The van der Waals surface area contributed by atoms with E-state index in [1.807, 2.05) is 32.0 Å². The van der Waals surface area contributed by atoms with Crippen LogP contribution >= 0.6 is 0 Å². The van der Waals surface area contributed by atoms with Crippen LogP contribution in [0.3, 0.4) is 0 Å². The van der Waals surface area contributed by atoms with Crippen molar-refractivity contribution in [1.82, 2.24) is 10.2 Å². The van der Waals surface area contributed by atoms with Crippen molar-refractivity contribution in [1.29, 1.82) is 0 Å². The molecule has 0 aliphatic carbocycles. The van der Waals surface area contributed by atoms with Gasteiger partial charge in [0.05, 0.1) is 0 Å². The number of hydrogen-bond acceptors (Lipinski definition) is 4. The van der Waals surface area contributed by atoms with E-state index < -0.39 is 5.97 Å². The van der Waals surface area contributed by atoms with Gasteiger partial charge in [0.15, 0.2) is 0 Å². The van der Waals surface area contributed by atoms with Crippen molar-refractivity contribution in [2.24, 2.45) is 0 Å². The predicted octanol–water partition coefficient (Wildman–Crippen LogP) is 3.15. The zero-order valence-corrected chi connectivity index (χ0v) is 11.7. The summed E-state index contributed by atoms with van der Waals surface area (Å²) in [4.78, 5) is 10.4. The van der Waals surface area contributed by atoms with E-state index >= 15 is 0 Å². The lowest BCUT2D eigenvalue weighted by molar-refractivity contribution is -0.137. The second-order valence-corrected chi connectivity index (χ2v) is 4.85. The number of rotatable bonds is 6. The number of aryl methyl sites for hydroxylation is 2. The first-order chi connectivity index (χ1) is 9.58. The molecule has 2 aromatic rings. The lowest BCUT2D eigenvalue weighted by atomic mass is 10.0. The fourth-order valence-corrected chi connectivity index (χ4v) is 2.00. The molecular weight excluding hydrogens is 256 g/mol. The maximum Gasteiger partial charge on any atom is 0.303 e. The van der Waals surface area contributed by atoms with E-state index in [1.165, 1.54) is 5.56 Å². The molecule has 0 saturated heterocycles. The summed E-state index contributed by atoms with van der Waals surface area (Å²) in [6, 6.07) is 5.97. The number of aromatic nitrogens is 2. The quantitative estimate of drug-likeness (QED) is 0.819. The summed E-state index contributed by atoms with van der Waals surface area (Å²) in [5.74, 6) is 0.317. The Morgan fingerprint density at radius 2 is 2.05 bits per heavy atom. The Morgan fingerprint density at radius 3 is 2.80 bits per heavy atom. The van der Waals surface area contributed by atoms with Crippen LogP contribution in [0.1, 0.15) is 36.3 Å². The average molecular weight is 274 g/mol. The summed E-state index contributed by atoms with van der Waals surface area (Å²) in [6.07, 6.45) is 2.15. The van der Waals surface area contributed by atoms with Crippen molar-refractivity contribution in [3.8, 4) is 11.5 Å². The molecule has 1 N–H and O–H groups in total. The molecule has 0 atom stereocenters. The Kier molecular flexibility index (Phi) is 4.50. The van der Waals surface area contributed by atoms with Gasteiger partial charge >= 0.3 is 5.97 Å². The number of carboxylic acids is 1. The Labute approximate surface area is 117 Å². The molecule has 0 amide bonds. The highest BCUT2D eigenvalue weighted by atomic mass is 16.4. The molecule has 106 valence electrons. The third-order valence-electron chi connectivity index (χ3n) is 3.33. The number of carbonyl (C=O) groups is 1. The van der Waals surface area contributed by atoms with Gasteiger partial charge in [0.2, 0.25) is 11.8 Å². The Hall–Kier alpha value is -2.17. The van der Waals surface area contributed by atoms with Crippen molar-refractivity contribution in [3.63, 3.8) is 0 Å². The van der Waals surface area contributed by atoms with Gasteiger partial charge in [-0.1, -0.05) is 12.1 Å². The van der Waals surface area contributed by atoms with Crippen LogP contribution in [0.15, 0.2) is 22.6 Å². The number of hydrogen-bond donors (Lipinski definition) is 1. The van der Waals surface area contributed by atoms with E-state index in [0.717, 1.165) is 17.5 Å². The van der Waals surface area contributed by atoms with E-state index in [9.17, 15) is 4.79 Å². The van der Waals surface area contributed by atoms with Crippen LogP contribution in [0.5, 0.6) is 0 Å². The van der Waals surface area contributed by atoms with Crippen molar-refractivity contribution in [2.75, 3.05) is 0 Å². The molecule has 0 spiro atoms. The van der Waals surface area contributed by atoms with Crippen LogP contribution in [-0.4, -0.2) is 21.3 Å². The standard InChI is InChI=1S/C15H18N2O3/c1-10-6-5-7-12(11(10)2)15-17-16-13(20-15)8-3-4-9-14(18)19/h5-7H,3-4,8-9H2,1-2H3,(H,18,19). The fraction of sp³-hybridized carbons (Fsp3) is 0.400. The number of aliphatic carboxylic acids is 1. The maximum atomic E-state index is 10.4. The van der Waals surface area contributed by atoms with Gasteiger partial charge in [0.25, 0.3) is 0 Å². The number of nitrogens with zero attached hydrogens (tertiary/aromatic N) is 2. The third kappa shape index (κ3) is 3.44. The minimum Gasteiger partial charge on any atom is -0.481 e. The predicted molar refractivity (Wildman–Crippen MR) is 74.4 cm³/mol. The number of unbranched alkanes of at least 4 members (excludes halogenated alkanes) is 1. The smallest absolute Gasteiger partial charge is 0.303 e. The average Bonchev–Trinajstić information content (AvgIpc) is 2.86. The highest BCUT2D eigenvalue weighted by molar-refractivity contribution is 5.66. The van der Waals surface area contributed by atoms with Crippen molar-refractivity contribution in [3.05, 3.63) is 35.2 Å². The van der Waals surface area contributed by atoms with Crippen molar-refractivity contribution in [2.45, 2.75) is 39.5 Å². The first-order valence-electron chi connectivity index (χ1n) is 6.68. The van der Waals surface area contributed by atoms with Crippen LogP contribution in [-0.2, 0) is 11.2 Å². The SMILES string of the molecule is Cc1cccc(-c2nnc(CCCCC(=O)O)o2)c1C. The van der Waals surface area contributed by atoms with E-state index in [4.69, 9.17) is 9.52 Å². The Balaban J connectivity index is 2.02. The van der Waals surface area contributed by atoms with Gasteiger partial charge in [-0.05, 0) is 43.9 Å². The van der Waals surface area contributed by atoms with Gasteiger partial charge in [-0.15, -0.1) is 10.2 Å². The molecule has 0 radical (unpaired) electrons. The molecule has 0 bridgehead atoms.